The Hall–Kier alpha value is -2.88. The summed E-state index contributed by atoms with van der Waals surface area (Å²) in [6.45, 7) is 0. The molecule has 2 rings (SSSR count). The smallest absolute Gasteiger partial charge is 0.305 e. The third kappa shape index (κ3) is 5.92. The maximum atomic E-state index is 12.8. The molecule has 0 aliphatic heterocycles. The number of hydrogen-bond donors (Lipinski definition) is 0. The zero-order valence-corrected chi connectivity index (χ0v) is 14.4. The van der Waals surface area contributed by atoms with Crippen molar-refractivity contribution < 1.29 is 14.3 Å². The van der Waals surface area contributed by atoms with Gasteiger partial charge in [-0.2, -0.15) is 0 Å². The molecule has 0 aliphatic rings. The SMILES string of the molecule is COC(=O)CCCC/C=C\N(C(=O)c1ccccc1)c1ccccc1. The minimum absolute atomic E-state index is 0.0717. The molecule has 0 aromatic heterocycles. The average Bonchev–Trinajstić information content (AvgIpc) is 2.68. The first-order valence-corrected chi connectivity index (χ1v) is 8.39. The summed E-state index contributed by atoms with van der Waals surface area (Å²) in [7, 11) is 1.40. The first-order chi connectivity index (χ1) is 12.2. The highest BCUT2D eigenvalue weighted by Gasteiger charge is 2.14. The normalized spacial score (nSPS) is 10.6. The minimum Gasteiger partial charge on any atom is -0.469 e. The van der Waals surface area contributed by atoms with E-state index in [2.05, 4.69) is 4.74 Å². The third-order valence-electron chi connectivity index (χ3n) is 3.76. The lowest BCUT2D eigenvalue weighted by Crippen LogP contribution is -2.25. The zero-order chi connectivity index (χ0) is 17.9. The zero-order valence-electron chi connectivity index (χ0n) is 14.4. The van der Waals surface area contributed by atoms with Crippen LogP contribution in [0.25, 0.3) is 0 Å². The van der Waals surface area contributed by atoms with Crippen molar-refractivity contribution in [3.05, 3.63) is 78.5 Å². The lowest BCUT2D eigenvalue weighted by Gasteiger charge is -2.18. The van der Waals surface area contributed by atoms with E-state index in [0.29, 0.717) is 12.0 Å². The van der Waals surface area contributed by atoms with E-state index in [9.17, 15) is 9.59 Å². The summed E-state index contributed by atoms with van der Waals surface area (Å²) in [5.41, 5.74) is 1.46. The second kappa shape index (κ2) is 10.1. The summed E-state index contributed by atoms with van der Waals surface area (Å²) in [4.78, 5) is 25.5. The Morgan fingerprint density at radius 3 is 2.24 bits per heavy atom. The topological polar surface area (TPSA) is 46.6 Å². The van der Waals surface area contributed by atoms with Gasteiger partial charge in [0, 0.05) is 23.9 Å². The molecule has 4 nitrogen and oxygen atoms in total. The van der Waals surface area contributed by atoms with Gasteiger partial charge in [-0.15, -0.1) is 0 Å². The molecule has 0 saturated carbocycles. The van der Waals surface area contributed by atoms with Crippen LogP contribution in [0, 0.1) is 0 Å². The fourth-order valence-corrected chi connectivity index (χ4v) is 2.39. The number of nitrogens with zero attached hydrogens (tertiary/aromatic N) is 1. The molecule has 0 spiro atoms. The molecule has 25 heavy (non-hydrogen) atoms. The van der Waals surface area contributed by atoms with Crippen molar-refractivity contribution in [1.29, 1.82) is 0 Å². The second-order valence-electron chi connectivity index (χ2n) is 5.58. The van der Waals surface area contributed by atoms with Gasteiger partial charge in [-0.25, -0.2) is 0 Å². The highest BCUT2D eigenvalue weighted by atomic mass is 16.5. The van der Waals surface area contributed by atoms with Crippen LogP contribution in [0.15, 0.2) is 72.9 Å². The van der Waals surface area contributed by atoms with Gasteiger partial charge < -0.3 is 4.74 Å². The van der Waals surface area contributed by atoms with Crippen LogP contribution < -0.4 is 4.90 Å². The number of anilines is 1. The Morgan fingerprint density at radius 1 is 0.960 bits per heavy atom. The van der Waals surface area contributed by atoms with Crippen LogP contribution in [0.2, 0.25) is 0 Å². The number of esters is 1. The van der Waals surface area contributed by atoms with E-state index in [1.807, 2.05) is 72.9 Å². The molecule has 4 heteroatoms. The molecule has 0 N–H and O–H groups in total. The summed E-state index contributed by atoms with van der Waals surface area (Å²) < 4.78 is 4.62. The van der Waals surface area contributed by atoms with Crippen LogP contribution >= 0.6 is 0 Å². The predicted molar refractivity (Wildman–Crippen MR) is 99.3 cm³/mol. The van der Waals surface area contributed by atoms with Gasteiger partial charge >= 0.3 is 5.97 Å². The number of ether oxygens (including phenoxy) is 1. The van der Waals surface area contributed by atoms with E-state index >= 15 is 0 Å². The third-order valence-corrected chi connectivity index (χ3v) is 3.76. The number of para-hydroxylation sites is 1. The van der Waals surface area contributed by atoms with Gasteiger partial charge in [0.15, 0.2) is 0 Å². The molecule has 0 radical (unpaired) electrons. The van der Waals surface area contributed by atoms with E-state index in [0.717, 1.165) is 24.9 Å². The lowest BCUT2D eigenvalue weighted by atomic mass is 10.1. The summed E-state index contributed by atoms with van der Waals surface area (Å²) in [5, 5.41) is 0. The number of unbranched alkanes of at least 4 members (excludes halogenated alkanes) is 2. The van der Waals surface area contributed by atoms with E-state index in [1.54, 1.807) is 4.90 Å². The lowest BCUT2D eigenvalue weighted by molar-refractivity contribution is -0.140. The molecule has 0 saturated heterocycles. The van der Waals surface area contributed by atoms with Gasteiger partial charge in [0.2, 0.25) is 0 Å². The van der Waals surface area contributed by atoms with E-state index < -0.39 is 0 Å². The first kappa shape index (κ1) is 18.5. The quantitative estimate of drug-likeness (QED) is 0.523. The highest BCUT2D eigenvalue weighted by molar-refractivity contribution is 6.07. The molecule has 0 heterocycles. The standard InChI is InChI=1S/C21H23NO3/c1-25-20(23)16-10-2-3-11-17-22(19-14-8-5-9-15-19)21(24)18-12-6-4-7-13-18/h4-9,11-15,17H,2-3,10,16H2,1H3/b17-11-. The molecule has 0 aliphatic carbocycles. The van der Waals surface area contributed by atoms with Crippen LogP contribution in [-0.4, -0.2) is 19.0 Å². The van der Waals surface area contributed by atoms with Gasteiger partial charge in [-0.05, 0) is 43.5 Å². The van der Waals surface area contributed by atoms with Crippen molar-refractivity contribution in [2.24, 2.45) is 0 Å². The van der Waals surface area contributed by atoms with Gasteiger partial charge in [0.1, 0.15) is 0 Å². The van der Waals surface area contributed by atoms with Crippen molar-refractivity contribution in [3.8, 4) is 0 Å². The summed E-state index contributed by atoms with van der Waals surface area (Å²) in [6, 6.07) is 18.8. The maximum absolute atomic E-state index is 12.8. The number of rotatable bonds is 8. The van der Waals surface area contributed by atoms with Gasteiger partial charge in [-0.1, -0.05) is 42.5 Å². The van der Waals surface area contributed by atoms with Crippen LogP contribution in [0.3, 0.4) is 0 Å². The monoisotopic (exact) mass is 337 g/mol. The van der Waals surface area contributed by atoms with Crippen LogP contribution in [0.5, 0.6) is 0 Å². The molecule has 130 valence electrons. The Bertz CT molecular complexity index is 696. The molecular weight excluding hydrogens is 314 g/mol. The number of methoxy groups -OCH3 is 1. The summed E-state index contributed by atoms with van der Waals surface area (Å²) >= 11 is 0. The first-order valence-electron chi connectivity index (χ1n) is 8.39. The number of carbonyl (C=O) groups is 2. The van der Waals surface area contributed by atoms with Gasteiger partial charge in [-0.3, -0.25) is 14.5 Å². The predicted octanol–water partition coefficient (Wildman–Crippen LogP) is 4.58. The second-order valence-corrected chi connectivity index (χ2v) is 5.58. The number of hydrogen-bond acceptors (Lipinski definition) is 3. The highest BCUT2D eigenvalue weighted by Crippen LogP contribution is 2.18. The summed E-state index contributed by atoms with van der Waals surface area (Å²) in [6.07, 6.45) is 6.63. The van der Waals surface area contributed by atoms with Crippen LogP contribution in [0.4, 0.5) is 5.69 Å². The Kier molecular flexibility index (Phi) is 7.44. The number of amides is 1. The largest absolute Gasteiger partial charge is 0.469 e. The van der Waals surface area contributed by atoms with Crippen LogP contribution in [0.1, 0.15) is 36.0 Å². The summed E-state index contributed by atoms with van der Waals surface area (Å²) in [5.74, 6) is -0.258. The van der Waals surface area contributed by atoms with Crippen molar-refractivity contribution in [2.75, 3.05) is 12.0 Å². The van der Waals surface area contributed by atoms with E-state index in [1.165, 1.54) is 7.11 Å². The molecule has 1 amide bonds. The Labute approximate surface area is 148 Å². The van der Waals surface area contributed by atoms with Gasteiger partial charge in [0.25, 0.3) is 5.91 Å². The molecule has 2 aromatic rings. The van der Waals surface area contributed by atoms with Crippen molar-refractivity contribution in [1.82, 2.24) is 0 Å². The number of benzene rings is 2. The fraction of sp³-hybridized carbons (Fsp3) is 0.238. The van der Waals surface area contributed by atoms with Crippen molar-refractivity contribution in [2.45, 2.75) is 25.7 Å². The fourth-order valence-electron chi connectivity index (χ4n) is 2.39. The Balaban J connectivity index is 2.02. The van der Waals surface area contributed by atoms with Crippen molar-refractivity contribution >= 4 is 17.6 Å². The minimum atomic E-state index is -0.186. The number of allylic oxidation sites excluding steroid dienone is 1. The molecular formula is C21H23NO3. The molecule has 0 atom stereocenters. The van der Waals surface area contributed by atoms with Crippen molar-refractivity contribution in [3.63, 3.8) is 0 Å². The average molecular weight is 337 g/mol. The number of carbonyl (C=O) groups excluding carboxylic acids is 2. The molecule has 2 aromatic carbocycles. The van der Waals surface area contributed by atoms with Gasteiger partial charge in [0.05, 0.1) is 7.11 Å². The van der Waals surface area contributed by atoms with Crippen LogP contribution in [-0.2, 0) is 9.53 Å². The maximum Gasteiger partial charge on any atom is 0.305 e. The van der Waals surface area contributed by atoms with E-state index in [4.69, 9.17) is 0 Å². The molecule has 0 bridgehead atoms. The van der Waals surface area contributed by atoms with E-state index in [-0.39, 0.29) is 11.9 Å². The molecule has 0 unspecified atom stereocenters. The Morgan fingerprint density at radius 2 is 1.60 bits per heavy atom. The molecule has 0 fully saturated rings.